The third-order valence-corrected chi connectivity index (χ3v) is 2.79. The molecule has 5 heteroatoms. The van der Waals surface area contributed by atoms with Crippen molar-refractivity contribution in [2.24, 2.45) is 0 Å². The highest BCUT2D eigenvalue weighted by Gasteiger charge is 2.19. The van der Waals surface area contributed by atoms with Gasteiger partial charge in [-0.1, -0.05) is 0 Å². The van der Waals surface area contributed by atoms with Crippen LogP contribution in [-0.2, 0) is 20.7 Å². The number of hydrogen-bond acceptors (Lipinski definition) is 4. The van der Waals surface area contributed by atoms with Gasteiger partial charge in [0.2, 0.25) is 0 Å². The van der Waals surface area contributed by atoms with E-state index < -0.39 is 5.60 Å². The van der Waals surface area contributed by atoms with Crippen molar-refractivity contribution in [2.75, 3.05) is 6.61 Å². The van der Waals surface area contributed by atoms with Crippen LogP contribution in [0.5, 0.6) is 0 Å². The molecule has 1 aromatic heterocycles. The molecule has 21 heavy (non-hydrogen) atoms. The minimum Gasteiger partial charge on any atom is -0.466 e. The minimum absolute atomic E-state index is 0.167. The third kappa shape index (κ3) is 6.47. The number of esters is 1. The van der Waals surface area contributed by atoms with Gasteiger partial charge in [-0.05, 0) is 59.1 Å². The van der Waals surface area contributed by atoms with E-state index in [0.717, 1.165) is 25.0 Å². The average molecular weight is 295 g/mol. The van der Waals surface area contributed by atoms with Gasteiger partial charge in [-0.25, -0.2) is 4.79 Å². The molecule has 0 spiro atoms. The Morgan fingerprint density at radius 3 is 2.57 bits per heavy atom. The Kier molecular flexibility index (Phi) is 6.46. The summed E-state index contributed by atoms with van der Waals surface area (Å²) in [6, 6.07) is 3.72. The Morgan fingerprint density at radius 2 is 1.95 bits per heavy atom. The molecule has 0 N–H and O–H groups in total. The van der Waals surface area contributed by atoms with Crippen molar-refractivity contribution >= 4 is 12.1 Å². The van der Waals surface area contributed by atoms with Gasteiger partial charge in [0.1, 0.15) is 5.60 Å². The number of nitrogens with zero attached hydrogens (tertiary/aromatic N) is 1. The Balaban J connectivity index is 2.45. The smallest absolute Gasteiger partial charge is 0.418 e. The first kappa shape index (κ1) is 17.3. The molecule has 1 rings (SSSR count). The van der Waals surface area contributed by atoms with Crippen LogP contribution in [0, 0.1) is 0 Å². The average Bonchev–Trinajstić information content (AvgIpc) is 2.81. The number of carbonyl (C=O) groups is 2. The number of aromatic nitrogens is 1. The van der Waals surface area contributed by atoms with Crippen LogP contribution in [0.2, 0.25) is 0 Å². The van der Waals surface area contributed by atoms with Crippen molar-refractivity contribution in [3.63, 3.8) is 0 Å². The van der Waals surface area contributed by atoms with E-state index in [0.29, 0.717) is 13.0 Å². The van der Waals surface area contributed by atoms with E-state index in [4.69, 9.17) is 9.47 Å². The molecule has 0 amide bonds. The maximum absolute atomic E-state index is 12.0. The standard InChI is InChI=1S/C16H25NO4/c1-5-20-14(18)11-7-6-9-13-10-8-12-17(13)15(19)21-16(2,3)4/h8,10,12H,5-7,9,11H2,1-4H3. The summed E-state index contributed by atoms with van der Waals surface area (Å²) in [5.41, 5.74) is 0.385. The fourth-order valence-electron chi connectivity index (χ4n) is 1.92. The molecule has 0 aliphatic carbocycles. The first-order valence-electron chi connectivity index (χ1n) is 7.38. The molecule has 0 aromatic carbocycles. The first-order valence-corrected chi connectivity index (χ1v) is 7.38. The van der Waals surface area contributed by atoms with Crippen molar-refractivity contribution in [2.45, 2.75) is 59.0 Å². The highest BCUT2D eigenvalue weighted by molar-refractivity contribution is 5.72. The van der Waals surface area contributed by atoms with E-state index >= 15 is 0 Å². The maximum atomic E-state index is 12.0. The van der Waals surface area contributed by atoms with Gasteiger partial charge >= 0.3 is 12.1 Å². The van der Waals surface area contributed by atoms with E-state index in [1.807, 2.05) is 32.9 Å². The summed E-state index contributed by atoms with van der Waals surface area (Å²) in [5.74, 6) is -0.167. The van der Waals surface area contributed by atoms with Gasteiger partial charge in [0, 0.05) is 18.3 Å². The Labute approximate surface area is 126 Å². The zero-order valence-electron chi connectivity index (χ0n) is 13.3. The molecule has 0 bridgehead atoms. The summed E-state index contributed by atoms with van der Waals surface area (Å²) in [7, 11) is 0. The lowest BCUT2D eigenvalue weighted by Gasteiger charge is -2.20. The van der Waals surface area contributed by atoms with Gasteiger partial charge in [0.25, 0.3) is 0 Å². The van der Waals surface area contributed by atoms with Gasteiger partial charge in [0.05, 0.1) is 6.61 Å². The van der Waals surface area contributed by atoms with Crippen LogP contribution >= 0.6 is 0 Å². The molecular formula is C16H25NO4. The van der Waals surface area contributed by atoms with Crippen LogP contribution in [0.4, 0.5) is 4.79 Å². The van der Waals surface area contributed by atoms with Crippen LogP contribution in [0.1, 0.15) is 52.7 Å². The Morgan fingerprint density at radius 1 is 1.24 bits per heavy atom. The molecule has 0 aliphatic heterocycles. The second kappa shape index (κ2) is 7.86. The number of carbonyl (C=O) groups excluding carboxylic acids is 2. The van der Waals surface area contributed by atoms with Crippen LogP contribution in [0.15, 0.2) is 18.3 Å². The summed E-state index contributed by atoms with van der Waals surface area (Å²) in [4.78, 5) is 23.3. The lowest BCUT2D eigenvalue weighted by molar-refractivity contribution is -0.143. The normalized spacial score (nSPS) is 11.2. The molecule has 1 heterocycles. The van der Waals surface area contributed by atoms with Crippen molar-refractivity contribution in [3.05, 3.63) is 24.0 Å². The van der Waals surface area contributed by atoms with Crippen molar-refractivity contribution in [1.29, 1.82) is 0 Å². The molecule has 0 atom stereocenters. The first-order chi connectivity index (χ1) is 9.83. The maximum Gasteiger partial charge on any atom is 0.418 e. The number of unbranched alkanes of at least 4 members (excludes halogenated alkanes) is 1. The zero-order chi connectivity index (χ0) is 15.9. The van der Waals surface area contributed by atoms with Crippen LogP contribution in [0.25, 0.3) is 0 Å². The SMILES string of the molecule is CCOC(=O)CCCCc1cccn1C(=O)OC(C)(C)C. The highest BCUT2D eigenvalue weighted by Crippen LogP contribution is 2.13. The number of ether oxygens (including phenoxy) is 2. The van der Waals surface area contributed by atoms with Crippen LogP contribution in [-0.4, -0.2) is 28.8 Å². The Bertz CT molecular complexity index is 471. The summed E-state index contributed by atoms with van der Waals surface area (Å²) >= 11 is 0. The van der Waals surface area contributed by atoms with E-state index in [1.165, 1.54) is 4.57 Å². The molecular weight excluding hydrogens is 270 g/mol. The van der Waals surface area contributed by atoms with Gasteiger partial charge in [-0.15, -0.1) is 0 Å². The summed E-state index contributed by atoms with van der Waals surface area (Å²) in [6.45, 7) is 7.74. The molecule has 0 aliphatic rings. The number of hydrogen-bond donors (Lipinski definition) is 0. The third-order valence-electron chi connectivity index (χ3n) is 2.79. The fourth-order valence-corrected chi connectivity index (χ4v) is 1.92. The second-order valence-electron chi connectivity index (χ2n) is 5.86. The monoisotopic (exact) mass is 295 g/mol. The van der Waals surface area contributed by atoms with Crippen molar-refractivity contribution < 1.29 is 19.1 Å². The minimum atomic E-state index is -0.511. The summed E-state index contributed by atoms with van der Waals surface area (Å²) < 4.78 is 11.8. The summed E-state index contributed by atoms with van der Waals surface area (Å²) in [5, 5.41) is 0. The number of aryl methyl sites for hydroxylation is 1. The second-order valence-corrected chi connectivity index (χ2v) is 5.86. The summed E-state index contributed by atoms with van der Waals surface area (Å²) in [6.07, 6.45) is 4.05. The molecule has 0 saturated carbocycles. The quantitative estimate of drug-likeness (QED) is 0.595. The number of rotatable bonds is 6. The predicted molar refractivity (Wildman–Crippen MR) is 80.3 cm³/mol. The van der Waals surface area contributed by atoms with Gasteiger partial charge in [-0.2, -0.15) is 0 Å². The van der Waals surface area contributed by atoms with E-state index in [1.54, 1.807) is 13.1 Å². The molecule has 5 nitrogen and oxygen atoms in total. The van der Waals surface area contributed by atoms with Crippen molar-refractivity contribution in [3.8, 4) is 0 Å². The predicted octanol–water partition coefficient (Wildman–Crippen LogP) is 3.55. The highest BCUT2D eigenvalue weighted by atomic mass is 16.6. The Hall–Kier alpha value is -1.78. The van der Waals surface area contributed by atoms with Crippen molar-refractivity contribution in [1.82, 2.24) is 4.57 Å². The lowest BCUT2D eigenvalue weighted by atomic mass is 10.1. The fraction of sp³-hybridized carbons (Fsp3) is 0.625. The molecule has 0 fully saturated rings. The zero-order valence-corrected chi connectivity index (χ0v) is 13.3. The molecule has 118 valence electrons. The van der Waals surface area contributed by atoms with Gasteiger partial charge < -0.3 is 9.47 Å². The van der Waals surface area contributed by atoms with Crippen LogP contribution in [0.3, 0.4) is 0 Å². The molecule has 0 radical (unpaired) electrons. The van der Waals surface area contributed by atoms with Gasteiger partial charge in [-0.3, -0.25) is 9.36 Å². The molecule has 1 aromatic rings. The van der Waals surface area contributed by atoms with Crippen LogP contribution < -0.4 is 0 Å². The molecule has 0 saturated heterocycles. The largest absolute Gasteiger partial charge is 0.466 e. The van der Waals surface area contributed by atoms with E-state index in [-0.39, 0.29) is 12.1 Å². The van der Waals surface area contributed by atoms with E-state index in [9.17, 15) is 9.59 Å². The topological polar surface area (TPSA) is 57.5 Å². The van der Waals surface area contributed by atoms with Gasteiger partial charge in [0.15, 0.2) is 0 Å². The van der Waals surface area contributed by atoms with E-state index in [2.05, 4.69) is 0 Å². The molecule has 0 unspecified atom stereocenters. The lowest BCUT2D eigenvalue weighted by Crippen LogP contribution is -2.27.